The summed E-state index contributed by atoms with van der Waals surface area (Å²) in [5.41, 5.74) is 1.34. The van der Waals surface area contributed by atoms with Gasteiger partial charge in [0.05, 0.1) is 36.3 Å². The third-order valence-corrected chi connectivity index (χ3v) is 10.5. The van der Waals surface area contributed by atoms with Crippen LogP contribution in [0.4, 0.5) is 20.6 Å². The fourth-order valence-electron chi connectivity index (χ4n) is 5.95. The standard InChI is InChI=1S/C36H35FN4O7S/c1-40(26-14-5-3-6-15-26)35(44)30-22-31(49(46,47)27-16-7-4-8-17-27)34(28-18-9-10-19-29(28)37)41(30)32(42)23-38-36(45)39-25-13-11-12-24(20-25)21-33(43)48-2/h3-20,30-31,34H,21-23H2,1-2H3,(H2,38,39,45). The minimum atomic E-state index is -4.23. The summed E-state index contributed by atoms with van der Waals surface area (Å²) in [6.07, 6.45) is -0.338. The third kappa shape index (κ3) is 7.78. The monoisotopic (exact) mass is 686 g/mol. The molecule has 1 saturated heterocycles. The Kier molecular flexibility index (Phi) is 10.7. The molecule has 1 heterocycles. The maximum atomic E-state index is 15.5. The lowest BCUT2D eigenvalue weighted by Crippen LogP contribution is -2.50. The van der Waals surface area contributed by atoms with Gasteiger partial charge in [-0.2, -0.15) is 0 Å². The van der Waals surface area contributed by atoms with Crippen molar-refractivity contribution >= 4 is 45.0 Å². The maximum Gasteiger partial charge on any atom is 0.319 e. The first-order valence-electron chi connectivity index (χ1n) is 15.4. The van der Waals surface area contributed by atoms with E-state index in [-0.39, 0.29) is 23.3 Å². The predicted molar refractivity (Wildman–Crippen MR) is 181 cm³/mol. The molecule has 3 atom stereocenters. The Balaban J connectivity index is 1.48. The van der Waals surface area contributed by atoms with E-state index < -0.39 is 63.3 Å². The number of ether oxygens (including phenoxy) is 1. The summed E-state index contributed by atoms with van der Waals surface area (Å²) in [7, 11) is -1.45. The van der Waals surface area contributed by atoms with E-state index in [2.05, 4.69) is 15.4 Å². The molecule has 4 amide bonds. The summed E-state index contributed by atoms with van der Waals surface area (Å²) in [5, 5.41) is 3.66. The van der Waals surface area contributed by atoms with Crippen LogP contribution in [-0.2, 0) is 35.4 Å². The van der Waals surface area contributed by atoms with Crippen molar-refractivity contribution in [3.8, 4) is 0 Å². The van der Waals surface area contributed by atoms with Crippen molar-refractivity contribution in [1.29, 1.82) is 0 Å². The van der Waals surface area contributed by atoms with E-state index in [9.17, 15) is 27.6 Å². The fourth-order valence-corrected chi connectivity index (χ4v) is 7.89. The van der Waals surface area contributed by atoms with Crippen LogP contribution in [0.15, 0.2) is 114 Å². The number of amides is 4. The molecule has 4 aromatic carbocycles. The van der Waals surface area contributed by atoms with E-state index in [0.29, 0.717) is 16.9 Å². The second kappa shape index (κ2) is 15.1. The summed E-state index contributed by atoms with van der Waals surface area (Å²) >= 11 is 0. The van der Waals surface area contributed by atoms with Crippen molar-refractivity contribution in [3.05, 3.63) is 126 Å². The molecular formula is C36H35FN4O7S. The number of urea groups is 1. The first kappa shape index (κ1) is 34.8. The van der Waals surface area contributed by atoms with Crippen molar-refractivity contribution < 1.29 is 36.7 Å². The molecule has 0 saturated carbocycles. The Morgan fingerprint density at radius 2 is 1.55 bits per heavy atom. The van der Waals surface area contributed by atoms with Crippen LogP contribution >= 0.6 is 0 Å². The minimum absolute atomic E-state index is 0.0155. The summed E-state index contributed by atoms with van der Waals surface area (Å²) < 4.78 is 48.6. The van der Waals surface area contributed by atoms with Crippen LogP contribution in [0.2, 0.25) is 0 Å². The number of esters is 1. The Bertz CT molecular complexity index is 1940. The number of sulfone groups is 1. The van der Waals surface area contributed by atoms with Gasteiger partial charge in [0.15, 0.2) is 9.84 Å². The molecule has 0 bridgehead atoms. The number of hydrogen-bond acceptors (Lipinski definition) is 7. The van der Waals surface area contributed by atoms with E-state index in [0.717, 1.165) is 11.0 Å². The zero-order chi connectivity index (χ0) is 35.1. The predicted octanol–water partition coefficient (Wildman–Crippen LogP) is 4.51. The number of methoxy groups -OCH3 is 1. The molecule has 1 aliphatic heterocycles. The van der Waals surface area contributed by atoms with Gasteiger partial charge >= 0.3 is 12.0 Å². The van der Waals surface area contributed by atoms with Crippen LogP contribution in [0, 0.1) is 5.82 Å². The number of carbonyl (C=O) groups is 4. The minimum Gasteiger partial charge on any atom is -0.469 e. The zero-order valence-electron chi connectivity index (χ0n) is 26.8. The average molecular weight is 687 g/mol. The van der Waals surface area contributed by atoms with Crippen molar-refractivity contribution in [2.45, 2.75) is 35.1 Å². The van der Waals surface area contributed by atoms with Gasteiger partial charge in [0.25, 0.3) is 0 Å². The lowest BCUT2D eigenvalue weighted by atomic mass is 10.0. The summed E-state index contributed by atoms with van der Waals surface area (Å²) in [5.74, 6) is -2.59. The number of benzene rings is 4. The average Bonchev–Trinajstić information content (AvgIpc) is 3.52. The third-order valence-electron chi connectivity index (χ3n) is 8.35. The number of nitrogens with one attached hydrogen (secondary N) is 2. The molecule has 5 rings (SSSR count). The quantitative estimate of drug-likeness (QED) is 0.234. The van der Waals surface area contributed by atoms with Crippen LogP contribution in [0.1, 0.15) is 23.6 Å². The Hall–Kier alpha value is -5.56. The molecule has 1 fully saturated rings. The SMILES string of the molecule is COC(=O)Cc1cccc(NC(=O)NCC(=O)N2C(C(=O)N(C)c3ccccc3)CC(S(=O)(=O)c3ccccc3)C2c2ccccc2F)c1. The molecule has 0 aliphatic carbocycles. The Morgan fingerprint density at radius 3 is 2.22 bits per heavy atom. The van der Waals surface area contributed by atoms with Crippen molar-refractivity contribution in [2.24, 2.45) is 0 Å². The topological polar surface area (TPSA) is 142 Å². The number of nitrogens with zero attached hydrogens (tertiary/aromatic N) is 2. The Labute approximate surface area is 283 Å². The number of likely N-dealkylation sites (N-methyl/N-ethyl adjacent to an activating group) is 1. The highest BCUT2D eigenvalue weighted by Crippen LogP contribution is 2.44. The lowest BCUT2D eigenvalue weighted by molar-refractivity contribution is -0.139. The molecule has 254 valence electrons. The highest BCUT2D eigenvalue weighted by molar-refractivity contribution is 7.92. The van der Waals surface area contributed by atoms with Crippen LogP contribution in [0.25, 0.3) is 0 Å². The summed E-state index contributed by atoms with van der Waals surface area (Å²) in [6.45, 7) is -0.643. The van der Waals surface area contributed by atoms with E-state index in [1.807, 2.05) is 0 Å². The van der Waals surface area contributed by atoms with Crippen molar-refractivity contribution in [1.82, 2.24) is 10.2 Å². The molecular weight excluding hydrogens is 651 g/mol. The van der Waals surface area contributed by atoms with Gasteiger partial charge in [-0.25, -0.2) is 17.6 Å². The maximum absolute atomic E-state index is 15.5. The first-order valence-corrected chi connectivity index (χ1v) is 16.9. The van der Waals surface area contributed by atoms with Crippen LogP contribution < -0.4 is 15.5 Å². The molecule has 11 nitrogen and oxygen atoms in total. The number of halogens is 1. The first-order chi connectivity index (χ1) is 23.5. The van der Waals surface area contributed by atoms with E-state index in [4.69, 9.17) is 0 Å². The number of rotatable bonds is 10. The largest absolute Gasteiger partial charge is 0.469 e. The summed E-state index contributed by atoms with van der Waals surface area (Å²) in [6, 6.07) is 24.7. The van der Waals surface area contributed by atoms with E-state index in [1.54, 1.807) is 72.8 Å². The molecule has 2 N–H and O–H groups in total. The number of para-hydroxylation sites is 1. The van der Waals surface area contributed by atoms with Gasteiger partial charge in [-0.1, -0.05) is 66.7 Å². The van der Waals surface area contributed by atoms with Crippen molar-refractivity contribution in [3.63, 3.8) is 0 Å². The molecule has 3 unspecified atom stereocenters. The van der Waals surface area contributed by atoms with Crippen LogP contribution in [0.5, 0.6) is 0 Å². The van der Waals surface area contributed by atoms with E-state index in [1.165, 1.54) is 49.4 Å². The molecule has 13 heteroatoms. The van der Waals surface area contributed by atoms with Crippen LogP contribution in [0.3, 0.4) is 0 Å². The normalized spacial score (nSPS) is 17.2. The molecule has 0 radical (unpaired) electrons. The van der Waals surface area contributed by atoms with Gasteiger partial charge in [-0.05, 0) is 54.4 Å². The molecule has 1 aliphatic rings. The molecule has 0 aromatic heterocycles. The van der Waals surface area contributed by atoms with Gasteiger partial charge in [-0.15, -0.1) is 0 Å². The smallest absolute Gasteiger partial charge is 0.319 e. The number of hydrogen-bond donors (Lipinski definition) is 2. The second-order valence-corrected chi connectivity index (χ2v) is 13.6. The summed E-state index contributed by atoms with van der Waals surface area (Å²) in [4.78, 5) is 55.3. The fraction of sp³-hybridized carbons (Fsp3) is 0.222. The van der Waals surface area contributed by atoms with Crippen molar-refractivity contribution in [2.75, 3.05) is 30.9 Å². The van der Waals surface area contributed by atoms with Gasteiger partial charge in [0.1, 0.15) is 11.9 Å². The van der Waals surface area contributed by atoms with Gasteiger partial charge in [-0.3, -0.25) is 14.4 Å². The number of anilines is 2. The molecule has 4 aromatic rings. The molecule has 0 spiro atoms. The second-order valence-electron chi connectivity index (χ2n) is 11.4. The Morgan fingerprint density at radius 1 is 0.898 bits per heavy atom. The number of likely N-dealkylation sites (tertiary alicyclic amines) is 1. The van der Waals surface area contributed by atoms with Gasteiger partial charge in [0, 0.05) is 24.0 Å². The number of carbonyl (C=O) groups excluding carboxylic acids is 4. The van der Waals surface area contributed by atoms with E-state index >= 15 is 4.39 Å². The lowest BCUT2D eigenvalue weighted by Gasteiger charge is -2.33. The molecule has 49 heavy (non-hydrogen) atoms. The van der Waals surface area contributed by atoms with Gasteiger partial charge in [0.2, 0.25) is 11.8 Å². The van der Waals surface area contributed by atoms with Crippen LogP contribution in [-0.4, -0.2) is 69.1 Å². The highest BCUT2D eigenvalue weighted by atomic mass is 32.2. The zero-order valence-corrected chi connectivity index (χ0v) is 27.6. The highest BCUT2D eigenvalue weighted by Gasteiger charge is 2.54. The van der Waals surface area contributed by atoms with Gasteiger partial charge < -0.3 is 25.2 Å².